The van der Waals surface area contributed by atoms with Crippen molar-refractivity contribution in [2.24, 2.45) is 0 Å². The molecule has 0 unspecified atom stereocenters. The number of aryl methyl sites for hydroxylation is 2. The molecule has 150 valence electrons. The highest BCUT2D eigenvalue weighted by Gasteiger charge is 2.20. The Labute approximate surface area is 165 Å². The number of amides is 1. The van der Waals surface area contributed by atoms with Gasteiger partial charge in [-0.15, -0.1) is 0 Å². The van der Waals surface area contributed by atoms with Crippen LogP contribution in [0.3, 0.4) is 0 Å². The fourth-order valence-electron chi connectivity index (χ4n) is 3.10. The van der Waals surface area contributed by atoms with Crippen LogP contribution >= 0.6 is 0 Å². The number of hydrogen-bond donors (Lipinski definition) is 3. The molecular formula is C21H18NO7-. The molecule has 8 nitrogen and oxygen atoms in total. The number of fused-ring (bicyclic) bond motifs is 1. The lowest BCUT2D eigenvalue weighted by atomic mass is 10.0. The SMILES string of the molecule is Cc1c(CC(=O)N[C@H](C(=O)[O-])c2ccc(O)cc2)c(=O)oc2c(C)c(O)ccc12. The fraction of sp³-hybridized carbons (Fsp3) is 0.190. The van der Waals surface area contributed by atoms with E-state index in [2.05, 4.69) is 5.32 Å². The Morgan fingerprint density at radius 1 is 1.07 bits per heavy atom. The minimum absolute atomic E-state index is 0.0174. The number of carbonyl (C=O) groups is 2. The number of nitrogens with one attached hydrogen (secondary N) is 1. The molecule has 0 aliphatic carbocycles. The minimum atomic E-state index is -1.53. The molecule has 3 N–H and O–H groups in total. The zero-order chi connectivity index (χ0) is 21.3. The molecule has 0 spiro atoms. The molecule has 0 saturated heterocycles. The predicted octanol–water partition coefficient (Wildman–Crippen LogP) is 0.971. The zero-order valence-corrected chi connectivity index (χ0v) is 15.7. The number of carboxylic acids is 1. The maximum absolute atomic E-state index is 12.5. The van der Waals surface area contributed by atoms with Crippen molar-refractivity contribution in [1.82, 2.24) is 5.32 Å². The molecule has 2 aromatic carbocycles. The summed E-state index contributed by atoms with van der Waals surface area (Å²) in [6.07, 6.45) is -0.397. The van der Waals surface area contributed by atoms with E-state index in [0.29, 0.717) is 16.5 Å². The van der Waals surface area contributed by atoms with Crippen LogP contribution < -0.4 is 16.0 Å². The van der Waals surface area contributed by atoms with Crippen molar-refractivity contribution in [1.29, 1.82) is 0 Å². The van der Waals surface area contributed by atoms with Crippen molar-refractivity contribution in [2.75, 3.05) is 0 Å². The van der Waals surface area contributed by atoms with Crippen LogP contribution in [0.25, 0.3) is 11.0 Å². The van der Waals surface area contributed by atoms with Gasteiger partial charge in [-0.05, 0) is 49.2 Å². The van der Waals surface area contributed by atoms with E-state index in [1.807, 2.05) is 0 Å². The average molecular weight is 396 g/mol. The summed E-state index contributed by atoms with van der Waals surface area (Å²) in [4.78, 5) is 36.3. The number of phenols is 2. The molecule has 0 bridgehead atoms. The second kappa shape index (κ2) is 7.67. The van der Waals surface area contributed by atoms with Gasteiger partial charge in [-0.1, -0.05) is 12.1 Å². The Morgan fingerprint density at radius 2 is 1.72 bits per heavy atom. The first-order chi connectivity index (χ1) is 13.7. The number of hydrogen-bond acceptors (Lipinski definition) is 7. The van der Waals surface area contributed by atoms with Crippen LogP contribution in [-0.4, -0.2) is 22.1 Å². The summed E-state index contributed by atoms with van der Waals surface area (Å²) >= 11 is 0. The Bertz CT molecular complexity index is 1160. The minimum Gasteiger partial charge on any atom is -0.548 e. The van der Waals surface area contributed by atoms with Crippen LogP contribution in [0.15, 0.2) is 45.6 Å². The lowest BCUT2D eigenvalue weighted by Gasteiger charge is -2.20. The molecule has 8 heteroatoms. The summed E-state index contributed by atoms with van der Waals surface area (Å²) in [5, 5.41) is 33.5. The van der Waals surface area contributed by atoms with Crippen molar-refractivity contribution >= 4 is 22.8 Å². The maximum Gasteiger partial charge on any atom is 0.340 e. The van der Waals surface area contributed by atoms with Crippen LogP contribution in [0.5, 0.6) is 11.5 Å². The third kappa shape index (κ3) is 3.91. The largest absolute Gasteiger partial charge is 0.548 e. The van der Waals surface area contributed by atoms with E-state index in [9.17, 15) is 29.7 Å². The molecule has 1 atom stereocenters. The Balaban J connectivity index is 1.91. The lowest BCUT2D eigenvalue weighted by molar-refractivity contribution is -0.308. The molecule has 0 saturated carbocycles. The number of rotatable bonds is 5. The number of aromatic hydroxyl groups is 2. The van der Waals surface area contributed by atoms with E-state index < -0.39 is 30.0 Å². The van der Waals surface area contributed by atoms with Gasteiger partial charge in [0, 0.05) is 10.9 Å². The first kappa shape index (κ1) is 19.9. The summed E-state index contributed by atoms with van der Waals surface area (Å²) in [6, 6.07) is 6.87. The lowest BCUT2D eigenvalue weighted by Crippen LogP contribution is -2.42. The van der Waals surface area contributed by atoms with Gasteiger partial charge in [-0.25, -0.2) is 4.79 Å². The summed E-state index contributed by atoms with van der Waals surface area (Å²) < 4.78 is 5.28. The van der Waals surface area contributed by atoms with Crippen molar-refractivity contribution in [3.05, 3.63) is 69.1 Å². The van der Waals surface area contributed by atoms with Gasteiger partial charge in [-0.3, -0.25) is 4.79 Å². The van der Waals surface area contributed by atoms with Crippen LogP contribution in [0.1, 0.15) is 28.3 Å². The molecule has 0 radical (unpaired) electrons. The van der Waals surface area contributed by atoms with Gasteiger partial charge in [0.1, 0.15) is 17.1 Å². The highest BCUT2D eigenvalue weighted by atomic mass is 16.4. The van der Waals surface area contributed by atoms with Gasteiger partial charge in [-0.2, -0.15) is 0 Å². The van der Waals surface area contributed by atoms with E-state index in [1.165, 1.54) is 30.3 Å². The molecule has 0 aliphatic rings. The van der Waals surface area contributed by atoms with Crippen LogP contribution in [0.4, 0.5) is 0 Å². The van der Waals surface area contributed by atoms with Gasteiger partial charge in [0.2, 0.25) is 5.91 Å². The van der Waals surface area contributed by atoms with E-state index in [0.717, 1.165) is 0 Å². The maximum atomic E-state index is 12.5. The van der Waals surface area contributed by atoms with E-state index in [4.69, 9.17) is 4.42 Å². The quantitative estimate of drug-likeness (QED) is 0.546. The fourth-order valence-corrected chi connectivity index (χ4v) is 3.10. The predicted molar refractivity (Wildman–Crippen MR) is 101 cm³/mol. The molecule has 29 heavy (non-hydrogen) atoms. The molecule has 1 amide bonds. The van der Waals surface area contributed by atoms with Gasteiger partial charge in [0.05, 0.1) is 24.0 Å². The Hall–Kier alpha value is -3.81. The Kier molecular flexibility index (Phi) is 5.27. The van der Waals surface area contributed by atoms with Gasteiger partial charge >= 0.3 is 5.63 Å². The summed E-state index contributed by atoms with van der Waals surface area (Å²) in [5.41, 5.74) is 0.696. The molecule has 0 aliphatic heterocycles. The monoisotopic (exact) mass is 396 g/mol. The topological polar surface area (TPSA) is 140 Å². The van der Waals surface area contributed by atoms with Gasteiger partial charge < -0.3 is 29.8 Å². The first-order valence-corrected chi connectivity index (χ1v) is 8.73. The second-order valence-corrected chi connectivity index (χ2v) is 6.67. The van der Waals surface area contributed by atoms with E-state index >= 15 is 0 Å². The van der Waals surface area contributed by atoms with Crippen molar-refractivity contribution in [3.63, 3.8) is 0 Å². The molecule has 1 aromatic heterocycles. The summed E-state index contributed by atoms with van der Waals surface area (Å²) in [5.74, 6) is -2.31. The number of benzene rings is 2. The highest BCUT2D eigenvalue weighted by molar-refractivity contribution is 5.89. The standard InChI is InChI=1S/C21H19NO7/c1-10-14-7-8-16(24)11(2)19(14)29-21(28)15(10)9-17(25)22-18(20(26)27)12-3-5-13(23)6-4-12/h3-8,18,23-24H,9H2,1-2H3,(H,22,25)(H,26,27)/p-1/t18-/m0/s1. The first-order valence-electron chi connectivity index (χ1n) is 8.73. The van der Waals surface area contributed by atoms with Crippen molar-refractivity contribution in [3.8, 4) is 11.5 Å². The molecule has 3 rings (SSSR count). The van der Waals surface area contributed by atoms with E-state index in [-0.39, 0.29) is 28.2 Å². The van der Waals surface area contributed by atoms with Gasteiger partial charge in [0.25, 0.3) is 0 Å². The van der Waals surface area contributed by atoms with Crippen LogP contribution in [0.2, 0.25) is 0 Å². The van der Waals surface area contributed by atoms with Crippen molar-refractivity contribution < 1.29 is 29.3 Å². The smallest absolute Gasteiger partial charge is 0.340 e. The molecule has 1 heterocycles. The number of aliphatic carboxylic acids is 1. The third-order valence-corrected chi connectivity index (χ3v) is 4.78. The molecule has 0 fully saturated rings. The average Bonchev–Trinajstić information content (AvgIpc) is 2.67. The van der Waals surface area contributed by atoms with E-state index in [1.54, 1.807) is 19.9 Å². The van der Waals surface area contributed by atoms with Crippen LogP contribution in [-0.2, 0) is 16.0 Å². The zero-order valence-electron chi connectivity index (χ0n) is 15.7. The van der Waals surface area contributed by atoms with Gasteiger partial charge in [0.15, 0.2) is 0 Å². The third-order valence-electron chi connectivity index (χ3n) is 4.78. The summed E-state index contributed by atoms with van der Waals surface area (Å²) in [7, 11) is 0. The Morgan fingerprint density at radius 3 is 2.34 bits per heavy atom. The normalized spacial score (nSPS) is 11.9. The highest BCUT2D eigenvalue weighted by Crippen LogP contribution is 2.28. The number of carboxylic acid groups (broad SMARTS) is 1. The second-order valence-electron chi connectivity index (χ2n) is 6.67. The summed E-state index contributed by atoms with van der Waals surface area (Å²) in [6.45, 7) is 3.25. The number of phenolic OH excluding ortho intramolecular Hbond substituents is 2. The molecule has 3 aromatic rings. The number of carbonyl (C=O) groups excluding carboxylic acids is 2. The van der Waals surface area contributed by atoms with Crippen LogP contribution in [0, 0.1) is 13.8 Å². The van der Waals surface area contributed by atoms with Crippen molar-refractivity contribution in [2.45, 2.75) is 26.3 Å². The molecular weight excluding hydrogens is 378 g/mol.